The molecule has 0 spiro atoms. The van der Waals surface area contributed by atoms with E-state index in [1.54, 1.807) is 18.2 Å². The Labute approximate surface area is 121 Å². The summed E-state index contributed by atoms with van der Waals surface area (Å²) >= 11 is 0. The van der Waals surface area contributed by atoms with Crippen LogP contribution in [0.4, 0.5) is 16.2 Å². The lowest BCUT2D eigenvalue weighted by molar-refractivity contribution is -0.125. The van der Waals surface area contributed by atoms with Gasteiger partial charge in [-0.25, -0.2) is 4.79 Å². The SMILES string of the molecule is COc1ccc(NC(=O)CCN2C(=O)CNC2=O)c(N)c1. The van der Waals surface area contributed by atoms with Gasteiger partial charge in [-0.2, -0.15) is 0 Å². The molecular formula is C13H16N4O4. The zero-order valence-corrected chi connectivity index (χ0v) is 11.5. The van der Waals surface area contributed by atoms with Gasteiger partial charge >= 0.3 is 6.03 Å². The maximum absolute atomic E-state index is 11.8. The third-order valence-corrected chi connectivity index (χ3v) is 3.03. The number of hydrogen-bond donors (Lipinski definition) is 3. The van der Waals surface area contributed by atoms with Crippen molar-refractivity contribution in [1.29, 1.82) is 0 Å². The maximum Gasteiger partial charge on any atom is 0.324 e. The Hall–Kier alpha value is -2.77. The van der Waals surface area contributed by atoms with E-state index in [0.717, 1.165) is 4.90 Å². The van der Waals surface area contributed by atoms with E-state index in [-0.39, 0.29) is 31.3 Å². The van der Waals surface area contributed by atoms with Gasteiger partial charge < -0.3 is 21.1 Å². The van der Waals surface area contributed by atoms with Gasteiger partial charge in [0, 0.05) is 19.0 Å². The molecule has 4 N–H and O–H groups in total. The first kappa shape index (κ1) is 14.6. The second-order valence-electron chi connectivity index (χ2n) is 4.46. The van der Waals surface area contributed by atoms with Gasteiger partial charge in [0.05, 0.1) is 25.0 Å². The number of nitrogens with two attached hydrogens (primary N) is 1. The smallest absolute Gasteiger partial charge is 0.324 e. The third kappa shape index (κ3) is 3.41. The quantitative estimate of drug-likeness (QED) is 0.528. The van der Waals surface area contributed by atoms with Crippen LogP contribution in [0.1, 0.15) is 6.42 Å². The van der Waals surface area contributed by atoms with Gasteiger partial charge in [0.1, 0.15) is 5.75 Å². The van der Waals surface area contributed by atoms with E-state index in [1.165, 1.54) is 7.11 Å². The molecule has 1 fully saturated rings. The number of hydrogen-bond acceptors (Lipinski definition) is 5. The molecule has 0 saturated carbocycles. The van der Waals surface area contributed by atoms with Crippen molar-refractivity contribution in [1.82, 2.24) is 10.2 Å². The van der Waals surface area contributed by atoms with Gasteiger partial charge in [-0.3, -0.25) is 14.5 Å². The number of anilines is 2. The highest BCUT2D eigenvalue weighted by Gasteiger charge is 2.28. The van der Waals surface area contributed by atoms with Crippen LogP contribution in [0.25, 0.3) is 0 Å². The van der Waals surface area contributed by atoms with Crippen molar-refractivity contribution in [3.63, 3.8) is 0 Å². The van der Waals surface area contributed by atoms with Crippen LogP contribution in [-0.4, -0.2) is 42.9 Å². The first-order valence-corrected chi connectivity index (χ1v) is 6.33. The number of rotatable bonds is 5. The van der Waals surface area contributed by atoms with Crippen molar-refractivity contribution in [3.05, 3.63) is 18.2 Å². The number of nitrogen functional groups attached to an aromatic ring is 1. The predicted octanol–water partition coefficient (Wildman–Crippen LogP) is 0.158. The Morgan fingerprint density at radius 2 is 2.24 bits per heavy atom. The minimum Gasteiger partial charge on any atom is -0.497 e. The maximum atomic E-state index is 11.8. The number of amides is 4. The number of carbonyl (C=O) groups excluding carboxylic acids is 3. The van der Waals surface area contributed by atoms with Gasteiger partial charge in [-0.1, -0.05) is 0 Å². The number of nitrogens with one attached hydrogen (secondary N) is 2. The standard InChI is InChI=1S/C13H16N4O4/c1-21-8-2-3-10(9(14)6-8)16-11(18)4-5-17-12(19)7-15-13(17)20/h2-3,6H,4-5,7,14H2,1H3,(H,15,20)(H,16,18). The normalized spacial score (nSPS) is 14.0. The lowest BCUT2D eigenvalue weighted by Gasteiger charge is -2.13. The van der Waals surface area contributed by atoms with Crippen molar-refractivity contribution >= 4 is 29.2 Å². The lowest BCUT2D eigenvalue weighted by Crippen LogP contribution is -2.33. The first-order valence-electron chi connectivity index (χ1n) is 6.33. The summed E-state index contributed by atoms with van der Waals surface area (Å²) in [5, 5.41) is 5.01. The fourth-order valence-corrected chi connectivity index (χ4v) is 1.89. The fourth-order valence-electron chi connectivity index (χ4n) is 1.89. The number of methoxy groups -OCH3 is 1. The number of nitrogens with zero attached hydrogens (tertiary/aromatic N) is 1. The molecule has 1 aromatic rings. The van der Waals surface area contributed by atoms with E-state index in [0.29, 0.717) is 17.1 Å². The number of urea groups is 1. The monoisotopic (exact) mass is 292 g/mol. The van der Waals surface area contributed by atoms with E-state index >= 15 is 0 Å². The van der Waals surface area contributed by atoms with Crippen molar-refractivity contribution in [2.24, 2.45) is 0 Å². The minimum absolute atomic E-state index is 0.00459. The van der Waals surface area contributed by atoms with Gasteiger partial charge in [-0.05, 0) is 12.1 Å². The van der Waals surface area contributed by atoms with Crippen LogP contribution < -0.4 is 21.1 Å². The molecule has 1 aliphatic heterocycles. The van der Waals surface area contributed by atoms with Crippen LogP contribution in [0, 0.1) is 0 Å². The summed E-state index contributed by atoms with van der Waals surface area (Å²) in [5.41, 5.74) is 6.61. The molecule has 1 aliphatic rings. The molecule has 8 heteroatoms. The number of benzene rings is 1. The highest BCUT2D eigenvalue weighted by molar-refractivity contribution is 6.02. The molecule has 1 aromatic carbocycles. The minimum atomic E-state index is -0.475. The highest BCUT2D eigenvalue weighted by Crippen LogP contribution is 2.24. The van der Waals surface area contributed by atoms with Crippen molar-refractivity contribution in [2.75, 3.05) is 31.2 Å². The first-order chi connectivity index (χ1) is 10.0. The largest absolute Gasteiger partial charge is 0.497 e. The molecule has 0 bridgehead atoms. The summed E-state index contributed by atoms with van der Waals surface area (Å²) in [4.78, 5) is 35.5. The zero-order valence-electron chi connectivity index (χ0n) is 11.5. The number of imide groups is 1. The Kier molecular flexibility index (Phi) is 4.27. The average Bonchev–Trinajstić information content (AvgIpc) is 2.78. The molecular weight excluding hydrogens is 276 g/mol. The zero-order chi connectivity index (χ0) is 15.4. The number of ether oxygens (including phenoxy) is 1. The van der Waals surface area contributed by atoms with E-state index < -0.39 is 6.03 Å². The molecule has 8 nitrogen and oxygen atoms in total. The summed E-state index contributed by atoms with van der Waals surface area (Å²) in [5.74, 6) is -0.0824. The molecule has 0 radical (unpaired) electrons. The van der Waals surface area contributed by atoms with Crippen molar-refractivity contribution in [2.45, 2.75) is 6.42 Å². The molecule has 0 unspecified atom stereocenters. The lowest BCUT2D eigenvalue weighted by atomic mass is 10.2. The van der Waals surface area contributed by atoms with Crippen molar-refractivity contribution in [3.8, 4) is 5.75 Å². The molecule has 4 amide bonds. The van der Waals surface area contributed by atoms with Gasteiger partial charge in [0.15, 0.2) is 0 Å². The van der Waals surface area contributed by atoms with E-state index in [2.05, 4.69) is 10.6 Å². The van der Waals surface area contributed by atoms with Crippen LogP contribution in [0.3, 0.4) is 0 Å². The van der Waals surface area contributed by atoms with Gasteiger partial charge in [-0.15, -0.1) is 0 Å². The Morgan fingerprint density at radius 3 is 2.81 bits per heavy atom. The van der Waals surface area contributed by atoms with Crippen LogP contribution in [0.15, 0.2) is 18.2 Å². The molecule has 1 heterocycles. The summed E-state index contributed by atoms with van der Waals surface area (Å²) in [6.07, 6.45) is 0.00459. The molecule has 2 rings (SSSR count). The summed E-state index contributed by atoms with van der Waals surface area (Å²) in [6, 6.07) is 4.41. The fraction of sp³-hybridized carbons (Fsp3) is 0.308. The van der Waals surface area contributed by atoms with E-state index in [4.69, 9.17) is 10.5 Å². The highest BCUT2D eigenvalue weighted by atomic mass is 16.5. The second kappa shape index (κ2) is 6.12. The van der Waals surface area contributed by atoms with Crippen LogP contribution in [0.5, 0.6) is 5.75 Å². The second-order valence-corrected chi connectivity index (χ2v) is 4.46. The molecule has 1 saturated heterocycles. The molecule has 21 heavy (non-hydrogen) atoms. The Morgan fingerprint density at radius 1 is 1.48 bits per heavy atom. The number of carbonyl (C=O) groups is 3. The molecule has 0 atom stereocenters. The molecule has 0 aliphatic carbocycles. The van der Waals surface area contributed by atoms with Gasteiger partial charge in [0.25, 0.3) is 0 Å². The predicted molar refractivity (Wildman–Crippen MR) is 75.8 cm³/mol. The summed E-state index contributed by atoms with van der Waals surface area (Å²) in [6.45, 7) is 0.0123. The molecule has 0 aromatic heterocycles. The van der Waals surface area contributed by atoms with Crippen LogP contribution in [0.2, 0.25) is 0 Å². The topological polar surface area (TPSA) is 114 Å². The van der Waals surface area contributed by atoms with Gasteiger partial charge in [0.2, 0.25) is 11.8 Å². The van der Waals surface area contributed by atoms with Crippen LogP contribution in [-0.2, 0) is 9.59 Å². The van der Waals surface area contributed by atoms with Crippen molar-refractivity contribution < 1.29 is 19.1 Å². The average molecular weight is 292 g/mol. The Balaban J connectivity index is 1.90. The summed E-state index contributed by atoms with van der Waals surface area (Å²) in [7, 11) is 1.52. The summed E-state index contributed by atoms with van der Waals surface area (Å²) < 4.78 is 5.01. The third-order valence-electron chi connectivity index (χ3n) is 3.03. The van der Waals surface area contributed by atoms with Crippen LogP contribution >= 0.6 is 0 Å². The van der Waals surface area contributed by atoms with E-state index in [1.807, 2.05) is 0 Å². The Bertz CT molecular complexity index is 572. The van der Waals surface area contributed by atoms with E-state index in [9.17, 15) is 14.4 Å². The molecule has 112 valence electrons.